The number of nitrogens with one attached hydrogen (secondary N) is 1. The molecule has 2 saturated heterocycles. The largest absolute Gasteiger partial charge is 0.342 e. The van der Waals surface area contributed by atoms with E-state index in [0.29, 0.717) is 30.3 Å². The van der Waals surface area contributed by atoms with E-state index >= 15 is 0 Å². The van der Waals surface area contributed by atoms with Gasteiger partial charge in [0.05, 0.1) is 6.54 Å². The Morgan fingerprint density at radius 1 is 0.960 bits per heavy atom. The van der Waals surface area contributed by atoms with Crippen molar-refractivity contribution in [1.29, 1.82) is 0 Å². The molecule has 0 unspecified atom stereocenters. The normalized spacial score (nSPS) is 18.9. The van der Waals surface area contributed by atoms with Crippen LogP contribution >= 0.6 is 11.6 Å². The molecule has 0 atom stereocenters. The predicted molar refractivity (Wildman–Crippen MR) is 98.9 cm³/mol. The summed E-state index contributed by atoms with van der Waals surface area (Å²) in [7, 11) is 0. The predicted octanol–water partition coefficient (Wildman–Crippen LogP) is 2.50. The summed E-state index contributed by atoms with van der Waals surface area (Å²) in [6, 6.07) is 7.01. The Balaban J connectivity index is 1.43. The molecule has 6 nitrogen and oxygen atoms in total. The zero-order chi connectivity index (χ0) is 17.6. The Labute approximate surface area is 153 Å². The van der Waals surface area contributed by atoms with Crippen LogP contribution in [0.15, 0.2) is 24.3 Å². The van der Waals surface area contributed by atoms with Crippen molar-refractivity contribution in [3.05, 3.63) is 29.3 Å². The van der Waals surface area contributed by atoms with E-state index in [4.69, 9.17) is 11.6 Å². The van der Waals surface area contributed by atoms with Gasteiger partial charge in [-0.2, -0.15) is 0 Å². The second kappa shape index (κ2) is 8.54. The van der Waals surface area contributed by atoms with Crippen LogP contribution in [0, 0.1) is 0 Å². The van der Waals surface area contributed by atoms with E-state index in [1.54, 1.807) is 17.0 Å². The van der Waals surface area contributed by atoms with Gasteiger partial charge in [0.2, 0.25) is 5.91 Å². The van der Waals surface area contributed by atoms with Crippen LogP contribution in [0.2, 0.25) is 5.02 Å². The van der Waals surface area contributed by atoms with E-state index < -0.39 is 0 Å². The summed E-state index contributed by atoms with van der Waals surface area (Å²) >= 11 is 5.94. The molecule has 2 aliphatic heterocycles. The highest BCUT2D eigenvalue weighted by atomic mass is 35.5. The van der Waals surface area contributed by atoms with Crippen LogP contribution < -0.4 is 5.32 Å². The molecule has 0 radical (unpaired) electrons. The summed E-state index contributed by atoms with van der Waals surface area (Å²) in [4.78, 5) is 30.6. The van der Waals surface area contributed by atoms with E-state index in [9.17, 15) is 9.59 Å². The number of carbonyl (C=O) groups is 2. The molecule has 2 fully saturated rings. The Morgan fingerprint density at radius 2 is 1.68 bits per heavy atom. The van der Waals surface area contributed by atoms with Crippen molar-refractivity contribution < 1.29 is 9.59 Å². The number of rotatable bonds is 3. The third-order valence-electron chi connectivity index (χ3n) is 4.80. The third-order valence-corrected chi connectivity index (χ3v) is 5.04. The van der Waals surface area contributed by atoms with Crippen molar-refractivity contribution in [2.45, 2.75) is 19.3 Å². The fourth-order valence-corrected chi connectivity index (χ4v) is 3.50. The van der Waals surface area contributed by atoms with Crippen LogP contribution in [-0.2, 0) is 4.79 Å². The average Bonchev–Trinajstić information content (AvgIpc) is 2.63. The first kappa shape index (κ1) is 18.0. The number of hydrogen-bond acceptors (Lipinski definition) is 3. The minimum Gasteiger partial charge on any atom is -0.342 e. The summed E-state index contributed by atoms with van der Waals surface area (Å²) in [5, 5.41) is 3.46. The van der Waals surface area contributed by atoms with Gasteiger partial charge in [0.15, 0.2) is 0 Å². The summed E-state index contributed by atoms with van der Waals surface area (Å²) in [5.41, 5.74) is 0.695. The highest BCUT2D eigenvalue weighted by molar-refractivity contribution is 6.30. The maximum absolute atomic E-state index is 12.3. The minimum absolute atomic E-state index is 0.121. The molecule has 1 aromatic carbocycles. The molecular formula is C18H25ClN4O2. The monoisotopic (exact) mass is 364 g/mol. The molecule has 0 saturated carbocycles. The molecule has 0 aromatic heterocycles. The van der Waals surface area contributed by atoms with Crippen LogP contribution in [0.25, 0.3) is 0 Å². The Morgan fingerprint density at radius 3 is 2.36 bits per heavy atom. The molecule has 0 aliphatic carbocycles. The average molecular weight is 365 g/mol. The molecule has 2 aliphatic rings. The summed E-state index contributed by atoms with van der Waals surface area (Å²) in [6.07, 6.45) is 3.45. The molecule has 0 spiro atoms. The maximum atomic E-state index is 12.3. The number of piperidine rings is 1. The quantitative estimate of drug-likeness (QED) is 0.896. The van der Waals surface area contributed by atoms with Gasteiger partial charge in [-0.15, -0.1) is 0 Å². The van der Waals surface area contributed by atoms with Crippen LogP contribution in [-0.4, -0.2) is 72.5 Å². The molecule has 0 bridgehead atoms. The second-order valence-electron chi connectivity index (χ2n) is 6.65. The van der Waals surface area contributed by atoms with E-state index in [1.165, 1.54) is 6.42 Å². The van der Waals surface area contributed by atoms with Crippen LogP contribution in [0.5, 0.6) is 0 Å². The van der Waals surface area contributed by atoms with Gasteiger partial charge in [0, 0.05) is 50.0 Å². The van der Waals surface area contributed by atoms with E-state index in [2.05, 4.69) is 10.2 Å². The number of halogens is 1. The SMILES string of the molecule is O=C(CN1CCN(C(=O)Nc2cccc(Cl)c2)CC1)N1CCCCC1. The smallest absolute Gasteiger partial charge is 0.321 e. The topological polar surface area (TPSA) is 55.9 Å². The van der Waals surface area contributed by atoms with Crippen molar-refractivity contribution >= 4 is 29.2 Å². The van der Waals surface area contributed by atoms with Crippen molar-refractivity contribution in [1.82, 2.24) is 14.7 Å². The lowest BCUT2D eigenvalue weighted by atomic mass is 10.1. The van der Waals surface area contributed by atoms with E-state index in [-0.39, 0.29) is 11.9 Å². The number of hydrogen-bond donors (Lipinski definition) is 1. The Bertz CT molecular complexity index is 611. The molecule has 136 valence electrons. The van der Waals surface area contributed by atoms with Gasteiger partial charge < -0.3 is 15.1 Å². The molecule has 3 rings (SSSR count). The Hall–Kier alpha value is -1.79. The standard InChI is InChI=1S/C18H25ClN4O2/c19-15-5-4-6-16(13-15)20-18(25)23-11-9-21(10-12-23)14-17(24)22-7-2-1-3-8-22/h4-6,13H,1-3,7-12,14H2,(H,20,25). The fourth-order valence-electron chi connectivity index (χ4n) is 3.31. The van der Waals surface area contributed by atoms with Crippen molar-refractivity contribution in [3.63, 3.8) is 0 Å². The molecule has 7 heteroatoms. The third kappa shape index (κ3) is 5.09. The van der Waals surface area contributed by atoms with Gasteiger partial charge >= 0.3 is 6.03 Å². The number of anilines is 1. The lowest BCUT2D eigenvalue weighted by molar-refractivity contribution is -0.133. The molecule has 3 amide bonds. The van der Waals surface area contributed by atoms with Crippen molar-refractivity contribution in [2.24, 2.45) is 0 Å². The molecular weight excluding hydrogens is 340 g/mol. The van der Waals surface area contributed by atoms with Gasteiger partial charge in [0.1, 0.15) is 0 Å². The fraction of sp³-hybridized carbons (Fsp3) is 0.556. The summed E-state index contributed by atoms with van der Waals surface area (Å²) < 4.78 is 0. The number of nitrogens with zero attached hydrogens (tertiary/aromatic N) is 3. The molecule has 2 heterocycles. The number of amides is 3. The van der Waals surface area contributed by atoms with Gasteiger partial charge in [-0.05, 0) is 37.5 Å². The molecule has 1 N–H and O–H groups in total. The summed E-state index contributed by atoms with van der Waals surface area (Å²) in [6.45, 7) is 4.94. The maximum Gasteiger partial charge on any atom is 0.321 e. The highest BCUT2D eigenvalue weighted by Crippen LogP contribution is 2.16. The van der Waals surface area contributed by atoms with Crippen molar-refractivity contribution in [2.75, 3.05) is 51.1 Å². The lowest BCUT2D eigenvalue weighted by Gasteiger charge is -2.36. The second-order valence-corrected chi connectivity index (χ2v) is 7.08. The van der Waals surface area contributed by atoms with Crippen LogP contribution in [0.3, 0.4) is 0 Å². The van der Waals surface area contributed by atoms with E-state index in [1.807, 2.05) is 17.0 Å². The van der Waals surface area contributed by atoms with Gasteiger partial charge in [-0.3, -0.25) is 9.69 Å². The Kier molecular flexibility index (Phi) is 6.15. The first-order chi connectivity index (χ1) is 12.1. The molecule has 1 aromatic rings. The number of urea groups is 1. The van der Waals surface area contributed by atoms with Crippen molar-refractivity contribution in [3.8, 4) is 0 Å². The zero-order valence-corrected chi connectivity index (χ0v) is 15.2. The first-order valence-electron chi connectivity index (χ1n) is 8.93. The van der Waals surface area contributed by atoms with E-state index in [0.717, 1.165) is 39.0 Å². The van der Waals surface area contributed by atoms with Crippen LogP contribution in [0.1, 0.15) is 19.3 Å². The number of likely N-dealkylation sites (tertiary alicyclic amines) is 1. The van der Waals surface area contributed by atoms with Crippen LogP contribution in [0.4, 0.5) is 10.5 Å². The summed E-state index contributed by atoms with van der Waals surface area (Å²) in [5.74, 6) is 0.219. The number of carbonyl (C=O) groups excluding carboxylic acids is 2. The van der Waals surface area contributed by atoms with Gasteiger partial charge in [-0.25, -0.2) is 4.79 Å². The first-order valence-corrected chi connectivity index (χ1v) is 9.31. The number of benzene rings is 1. The number of piperazine rings is 1. The zero-order valence-electron chi connectivity index (χ0n) is 14.4. The minimum atomic E-state index is -0.121. The van der Waals surface area contributed by atoms with Gasteiger partial charge in [0.25, 0.3) is 0 Å². The molecule has 25 heavy (non-hydrogen) atoms. The lowest BCUT2D eigenvalue weighted by Crippen LogP contribution is -2.52. The highest BCUT2D eigenvalue weighted by Gasteiger charge is 2.24. The van der Waals surface area contributed by atoms with Gasteiger partial charge in [-0.1, -0.05) is 17.7 Å².